The van der Waals surface area contributed by atoms with E-state index in [9.17, 15) is 0 Å². The predicted molar refractivity (Wildman–Crippen MR) is 87.1 cm³/mol. The minimum atomic E-state index is 0.663. The molecule has 1 heterocycles. The third-order valence-electron chi connectivity index (χ3n) is 2.86. The second-order valence-corrected chi connectivity index (χ2v) is 5.22. The SMILES string of the molecule is CCNc1cc(NCCc2ccc(Cl)cc2Cl)ccn1. The molecule has 0 saturated heterocycles. The smallest absolute Gasteiger partial charge is 0.127 e. The lowest BCUT2D eigenvalue weighted by Gasteiger charge is -2.09. The molecule has 0 radical (unpaired) electrons. The molecule has 0 bridgehead atoms. The molecule has 5 heteroatoms. The highest BCUT2D eigenvalue weighted by atomic mass is 35.5. The summed E-state index contributed by atoms with van der Waals surface area (Å²) >= 11 is 12.0. The van der Waals surface area contributed by atoms with E-state index in [0.29, 0.717) is 10.0 Å². The van der Waals surface area contributed by atoms with Gasteiger partial charge in [-0.05, 0) is 37.1 Å². The fourth-order valence-corrected chi connectivity index (χ4v) is 2.39. The van der Waals surface area contributed by atoms with Crippen molar-refractivity contribution in [3.63, 3.8) is 0 Å². The first-order chi connectivity index (χ1) is 9.69. The molecule has 0 amide bonds. The Bertz CT molecular complexity index is 573. The van der Waals surface area contributed by atoms with Crippen LogP contribution in [0.4, 0.5) is 11.5 Å². The highest BCUT2D eigenvalue weighted by Crippen LogP contribution is 2.21. The Hall–Kier alpha value is -1.45. The number of pyridine rings is 1. The van der Waals surface area contributed by atoms with Crippen LogP contribution < -0.4 is 10.6 Å². The van der Waals surface area contributed by atoms with Crippen molar-refractivity contribution in [2.75, 3.05) is 23.7 Å². The molecule has 0 spiro atoms. The van der Waals surface area contributed by atoms with Gasteiger partial charge in [-0.3, -0.25) is 0 Å². The fourth-order valence-electron chi connectivity index (χ4n) is 1.88. The molecule has 1 aromatic heterocycles. The van der Waals surface area contributed by atoms with Gasteiger partial charge in [-0.15, -0.1) is 0 Å². The molecular weight excluding hydrogens is 293 g/mol. The van der Waals surface area contributed by atoms with Crippen molar-refractivity contribution in [1.82, 2.24) is 4.98 Å². The van der Waals surface area contributed by atoms with Gasteiger partial charge < -0.3 is 10.6 Å². The normalized spacial score (nSPS) is 10.3. The van der Waals surface area contributed by atoms with Crippen molar-refractivity contribution in [2.45, 2.75) is 13.3 Å². The van der Waals surface area contributed by atoms with Crippen LogP contribution in [0.3, 0.4) is 0 Å². The number of hydrogen-bond donors (Lipinski definition) is 2. The van der Waals surface area contributed by atoms with E-state index in [0.717, 1.165) is 36.6 Å². The molecule has 0 fully saturated rings. The van der Waals surface area contributed by atoms with Crippen LogP contribution in [0.1, 0.15) is 12.5 Å². The number of rotatable bonds is 6. The first-order valence-electron chi connectivity index (χ1n) is 6.56. The van der Waals surface area contributed by atoms with E-state index in [-0.39, 0.29) is 0 Å². The minimum absolute atomic E-state index is 0.663. The summed E-state index contributed by atoms with van der Waals surface area (Å²) in [4.78, 5) is 4.23. The molecule has 0 atom stereocenters. The van der Waals surface area contributed by atoms with Gasteiger partial charge in [-0.25, -0.2) is 4.98 Å². The summed E-state index contributed by atoms with van der Waals surface area (Å²) in [6, 6.07) is 9.53. The zero-order valence-corrected chi connectivity index (χ0v) is 12.8. The van der Waals surface area contributed by atoms with Gasteiger partial charge in [0.15, 0.2) is 0 Å². The summed E-state index contributed by atoms with van der Waals surface area (Å²) in [5.41, 5.74) is 2.13. The van der Waals surface area contributed by atoms with Gasteiger partial charge in [0.25, 0.3) is 0 Å². The molecular formula is C15H17Cl2N3. The summed E-state index contributed by atoms with van der Waals surface area (Å²) in [5.74, 6) is 0.877. The molecule has 2 rings (SSSR count). The molecule has 2 N–H and O–H groups in total. The Kier molecular flexibility index (Phi) is 5.50. The topological polar surface area (TPSA) is 37.0 Å². The lowest BCUT2D eigenvalue weighted by Crippen LogP contribution is -2.06. The predicted octanol–water partition coefficient (Wildman–Crippen LogP) is 4.47. The minimum Gasteiger partial charge on any atom is -0.385 e. The Morgan fingerprint density at radius 2 is 1.95 bits per heavy atom. The van der Waals surface area contributed by atoms with E-state index in [2.05, 4.69) is 15.6 Å². The van der Waals surface area contributed by atoms with Crippen LogP contribution in [-0.2, 0) is 6.42 Å². The largest absolute Gasteiger partial charge is 0.385 e. The maximum Gasteiger partial charge on any atom is 0.127 e. The molecule has 20 heavy (non-hydrogen) atoms. The van der Waals surface area contributed by atoms with Crippen LogP contribution >= 0.6 is 23.2 Å². The van der Waals surface area contributed by atoms with E-state index < -0.39 is 0 Å². The van der Waals surface area contributed by atoms with Crippen LogP contribution in [-0.4, -0.2) is 18.1 Å². The second-order valence-electron chi connectivity index (χ2n) is 4.37. The van der Waals surface area contributed by atoms with Gasteiger partial charge in [0.05, 0.1) is 0 Å². The summed E-state index contributed by atoms with van der Waals surface area (Å²) in [6.07, 6.45) is 2.63. The van der Waals surface area contributed by atoms with Crippen LogP contribution in [0.15, 0.2) is 36.5 Å². The quantitative estimate of drug-likeness (QED) is 0.826. The number of anilines is 2. The third-order valence-corrected chi connectivity index (χ3v) is 3.44. The molecule has 0 aliphatic rings. The third kappa shape index (κ3) is 4.29. The molecule has 0 saturated carbocycles. The van der Waals surface area contributed by atoms with Crippen LogP contribution in [0, 0.1) is 0 Å². The van der Waals surface area contributed by atoms with Crippen LogP contribution in [0.2, 0.25) is 10.0 Å². The molecule has 106 valence electrons. The first-order valence-corrected chi connectivity index (χ1v) is 7.32. The number of nitrogens with one attached hydrogen (secondary N) is 2. The standard InChI is InChI=1S/C15H17Cl2N3/c1-2-18-15-10-13(6-8-20-15)19-7-5-11-3-4-12(16)9-14(11)17/h3-4,6,8-10H,2,5,7H2,1H3,(H2,18,19,20). The molecule has 1 aromatic carbocycles. The Labute approximate surface area is 129 Å². The average molecular weight is 310 g/mol. The van der Waals surface area contributed by atoms with Gasteiger partial charge in [-0.2, -0.15) is 0 Å². The summed E-state index contributed by atoms with van der Waals surface area (Å²) in [5, 5.41) is 7.92. The van der Waals surface area contributed by atoms with E-state index in [1.165, 1.54) is 0 Å². The maximum absolute atomic E-state index is 6.15. The molecule has 0 aliphatic carbocycles. The van der Waals surface area contributed by atoms with Crippen LogP contribution in [0.5, 0.6) is 0 Å². The summed E-state index contributed by atoms with van der Waals surface area (Å²) in [6.45, 7) is 3.71. The number of halogens is 2. The lowest BCUT2D eigenvalue weighted by molar-refractivity contribution is 1.02. The molecule has 2 aromatic rings. The highest BCUT2D eigenvalue weighted by Gasteiger charge is 2.01. The van der Waals surface area contributed by atoms with Crippen molar-refractivity contribution in [3.05, 3.63) is 52.1 Å². The Morgan fingerprint density at radius 3 is 2.70 bits per heavy atom. The highest BCUT2D eigenvalue weighted by molar-refractivity contribution is 6.35. The number of nitrogens with zero attached hydrogens (tertiary/aromatic N) is 1. The average Bonchev–Trinajstić information content (AvgIpc) is 2.42. The lowest BCUT2D eigenvalue weighted by atomic mass is 10.1. The number of hydrogen-bond acceptors (Lipinski definition) is 3. The van der Waals surface area contributed by atoms with Gasteiger partial charge in [0.1, 0.15) is 5.82 Å². The van der Waals surface area contributed by atoms with Crippen LogP contribution in [0.25, 0.3) is 0 Å². The van der Waals surface area contributed by atoms with Crippen molar-refractivity contribution in [3.8, 4) is 0 Å². The molecule has 0 aliphatic heterocycles. The molecule has 3 nitrogen and oxygen atoms in total. The van der Waals surface area contributed by atoms with Gasteiger partial charge in [0.2, 0.25) is 0 Å². The number of benzene rings is 1. The zero-order chi connectivity index (χ0) is 14.4. The van der Waals surface area contributed by atoms with E-state index in [1.807, 2.05) is 31.2 Å². The second kappa shape index (κ2) is 7.36. The van der Waals surface area contributed by atoms with Gasteiger partial charge >= 0.3 is 0 Å². The monoisotopic (exact) mass is 309 g/mol. The van der Waals surface area contributed by atoms with E-state index in [1.54, 1.807) is 12.3 Å². The summed E-state index contributed by atoms with van der Waals surface area (Å²) < 4.78 is 0. The number of aromatic nitrogens is 1. The Balaban J connectivity index is 1.90. The van der Waals surface area contributed by atoms with Crippen molar-refractivity contribution < 1.29 is 0 Å². The maximum atomic E-state index is 6.15. The Morgan fingerprint density at radius 1 is 1.10 bits per heavy atom. The van der Waals surface area contributed by atoms with E-state index in [4.69, 9.17) is 23.2 Å². The van der Waals surface area contributed by atoms with E-state index >= 15 is 0 Å². The van der Waals surface area contributed by atoms with Crippen molar-refractivity contribution >= 4 is 34.7 Å². The van der Waals surface area contributed by atoms with Gasteiger partial charge in [0, 0.05) is 41.1 Å². The van der Waals surface area contributed by atoms with Gasteiger partial charge in [-0.1, -0.05) is 29.3 Å². The summed E-state index contributed by atoms with van der Waals surface area (Å²) in [7, 11) is 0. The zero-order valence-electron chi connectivity index (χ0n) is 11.3. The fraction of sp³-hybridized carbons (Fsp3) is 0.267. The van der Waals surface area contributed by atoms with Crippen molar-refractivity contribution in [1.29, 1.82) is 0 Å². The first kappa shape index (κ1) is 14.9. The molecule has 0 unspecified atom stereocenters. The van der Waals surface area contributed by atoms with Crippen molar-refractivity contribution in [2.24, 2.45) is 0 Å².